The molecule has 150 valence electrons. The van der Waals surface area contributed by atoms with Crippen molar-refractivity contribution in [2.24, 2.45) is 0 Å². The van der Waals surface area contributed by atoms with Crippen LogP contribution in [0.4, 0.5) is 24.5 Å². The second kappa shape index (κ2) is 8.11. The number of carbonyl (C=O) groups excluding carboxylic acids is 1. The van der Waals surface area contributed by atoms with Crippen LogP contribution in [-0.4, -0.2) is 30.3 Å². The van der Waals surface area contributed by atoms with E-state index in [9.17, 15) is 36.5 Å². The number of anilines is 1. The minimum atomic E-state index is -4.75. The lowest BCUT2D eigenvalue weighted by atomic mass is 10.1. The number of hydrogen-bond donors (Lipinski definition) is 2. The van der Waals surface area contributed by atoms with Gasteiger partial charge in [0.1, 0.15) is 5.69 Å². The fraction of sp³-hybridized carbons (Fsp3) is 0.533. The highest BCUT2D eigenvalue weighted by atomic mass is 32.2. The maximum Gasteiger partial charge on any atom is 0.416 e. The number of amides is 1. The van der Waals surface area contributed by atoms with Crippen LogP contribution in [0.15, 0.2) is 18.2 Å². The molecule has 8 nitrogen and oxygen atoms in total. The molecule has 0 radical (unpaired) electrons. The molecule has 0 aliphatic heterocycles. The summed E-state index contributed by atoms with van der Waals surface area (Å²) in [6, 6.07) is 1.79. The van der Waals surface area contributed by atoms with Crippen molar-refractivity contribution in [1.29, 1.82) is 0 Å². The van der Waals surface area contributed by atoms with Crippen molar-refractivity contribution in [3.63, 3.8) is 0 Å². The molecule has 1 saturated carbocycles. The summed E-state index contributed by atoms with van der Waals surface area (Å²) in [5.41, 5.74) is 1.83. The Balaban J connectivity index is 1.97. The monoisotopic (exact) mass is 409 g/mol. The first kappa shape index (κ1) is 20.9. The summed E-state index contributed by atoms with van der Waals surface area (Å²) in [5, 5.41) is 10.5. The van der Waals surface area contributed by atoms with Crippen LogP contribution in [-0.2, 0) is 20.8 Å². The second-order valence-corrected chi connectivity index (χ2v) is 8.58. The number of benzene rings is 1. The minimum absolute atomic E-state index is 0.346. The Morgan fingerprint density at radius 3 is 2.44 bits per heavy atom. The average molecular weight is 409 g/mol. The van der Waals surface area contributed by atoms with Gasteiger partial charge in [0, 0.05) is 12.5 Å². The van der Waals surface area contributed by atoms with Gasteiger partial charge in [-0.3, -0.25) is 25.8 Å². The summed E-state index contributed by atoms with van der Waals surface area (Å²) >= 11 is 0. The highest BCUT2D eigenvalue weighted by Gasteiger charge is 2.33. The molecule has 2 N–H and O–H groups in total. The number of nitro benzene ring substituents is 1. The Labute approximate surface area is 153 Å². The predicted octanol–water partition coefficient (Wildman–Crippen LogP) is 2.80. The van der Waals surface area contributed by atoms with Gasteiger partial charge in [-0.05, 0) is 25.0 Å². The predicted molar refractivity (Wildman–Crippen MR) is 90.5 cm³/mol. The van der Waals surface area contributed by atoms with Crippen LogP contribution in [0.25, 0.3) is 0 Å². The number of nitrogens with zero attached hydrogens (tertiary/aromatic N) is 1. The summed E-state index contributed by atoms with van der Waals surface area (Å²) in [6.45, 7) is 0. The molecule has 2 rings (SSSR count). The molecular formula is C15H18F3N3O5S. The molecular weight excluding hydrogens is 391 g/mol. The lowest BCUT2D eigenvalue weighted by molar-refractivity contribution is -0.384. The van der Waals surface area contributed by atoms with Gasteiger partial charge >= 0.3 is 6.18 Å². The fourth-order valence-electron chi connectivity index (χ4n) is 2.81. The minimum Gasteiger partial charge on any atom is -0.292 e. The normalized spacial score (nSPS) is 15.5. The molecule has 1 aromatic carbocycles. The van der Waals surface area contributed by atoms with Crippen LogP contribution in [0.1, 0.15) is 37.7 Å². The van der Waals surface area contributed by atoms with Gasteiger partial charge in [0.15, 0.2) is 9.84 Å². The van der Waals surface area contributed by atoms with Crippen molar-refractivity contribution in [3.05, 3.63) is 33.9 Å². The first-order chi connectivity index (χ1) is 12.5. The third-order valence-electron chi connectivity index (χ3n) is 4.28. The van der Waals surface area contributed by atoms with E-state index in [2.05, 4.69) is 10.9 Å². The molecule has 27 heavy (non-hydrogen) atoms. The summed E-state index contributed by atoms with van der Waals surface area (Å²) < 4.78 is 62.1. The number of halogens is 3. The first-order valence-electron chi connectivity index (χ1n) is 8.13. The Kier molecular flexibility index (Phi) is 6.29. The van der Waals surface area contributed by atoms with Gasteiger partial charge in [-0.25, -0.2) is 8.42 Å². The number of nitrogens with one attached hydrogen (secondary N) is 2. The van der Waals surface area contributed by atoms with Crippen molar-refractivity contribution in [1.82, 2.24) is 5.43 Å². The molecule has 0 atom stereocenters. The molecule has 0 saturated heterocycles. The number of alkyl halides is 3. The van der Waals surface area contributed by atoms with E-state index in [0.717, 1.165) is 18.9 Å². The second-order valence-electron chi connectivity index (χ2n) is 6.18. The van der Waals surface area contributed by atoms with Crippen LogP contribution in [0.3, 0.4) is 0 Å². The zero-order valence-electron chi connectivity index (χ0n) is 14.1. The standard InChI is InChI=1S/C15H18F3N3O5S/c16-15(17,18)10-5-6-12(13(9-10)21(23)24)19-20-14(22)7-8-27(25,26)11-3-1-2-4-11/h5-6,9,11,19H,1-4,7-8H2,(H,20,22). The smallest absolute Gasteiger partial charge is 0.292 e. The highest BCUT2D eigenvalue weighted by Crippen LogP contribution is 2.34. The maximum absolute atomic E-state index is 12.6. The summed E-state index contributed by atoms with van der Waals surface area (Å²) in [5.74, 6) is -1.11. The summed E-state index contributed by atoms with van der Waals surface area (Å²) in [7, 11) is -3.40. The van der Waals surface area contributed by atoms with E-state index in [-0.39, 0.29) is 17.9 Å². The quantitative estimate of drug-likeness (QED) is 0.528. The highest BCUT2D eigenvalue weighted by molar-refractivity contribution is 7.92. The van der Waals surface area contributed by atoms with E-state index in [4.69, 9.17) is 0 Å². The number of rotatable bonds is 7. The first-order valence-corrected chi connectivity index (χ1v) is 9.84. The van der Waals surface area contributed by atoms with Crippen LogP contribution in [0.5, 0.6) is 0 Å². The molecule has 0 aromatic heterocycles. The van der Waals surface area contributed by atoms with Gasteiger partial charge in [-0.15, -0.1) is 0 Å². The molecule has 0 unspecified atom stereocenters. The Hall–Kier alpha value is -2.37. The Bertz CT molecular complexity index is 820. The van der Waals surface area contributed by atoms with Gasteiger partial charge < -0.3 is 0 Å². The zero-order valence-corrected chi connectivity index (χ0v) is 14.9. The number of hydrazine groups is 1. The van der Waals surface area contributed by atoms with Crippen molar-refractivity contribution >= 4 is 27.1 Å². The van der Waals surface area contributed by atoms with E-state index >= 15 is 0 Å². The van der Waals surface area contributed by atoms with Gasteiger partial charge in [-0.1, -0.05) is 12.8 Å². The number of nitro groups is 1. The van der Waals surface area contributed by atoms with E-state index in [1.807, 2.05) is 0 Å². The molecule has 12 heteroatoms. The topological polar surface area (TPSA) is 118 Å². The van der Waals surface area contributed by atoms with E-state index < -0.39 is 43.3 Å². The third kappa shape index (κ3) is 5.55. The Morgan fingerprint density at radius 2 is 1.89 bits per heavy atom. The molecule has 1 fully saturated rings. The lowest BCUT2D eigenvalue weighted by Gasteiger charge is -2.13. The van der Waals surface area contributed by atoms with E-state index in [1.165, 1.54) is 0 Å². The van der Waals surface area contributed by atoms with Crippen LogP contribution in [0.2, 0.25) is 0 Å². The average Bonchev–Trinajstić information content (AvgIpc) is 3.12. The van der Waals surface area contributed by atoms with Gasteiger partial charge in [0.05, 0.1) is 21.5 Å². The molecule has 1 aromatic rings. The molecule has 0 heterocycles. The molecule has 1 amide bonds. The van der Waals surface area contributed by atoms with Gasteiger partial charge in [-0.2, -0.15) is 13.2 Å². The molecule has 1 aliphatic carbocycles. The Morgan fingerprint density at radius 1 is 1.26 bits per heavy atom. The van der Waals surface area contributed by atoms with Gasteiger partial charge in [0.2, 0.25) is 5.91 Å². The molecule has 0 spiro atoms. The van der Waals surface area contributed by atoms with Gasteiger partial charge in [0.25, 0.3) is 5.69 Å². The van der Waals surface area contributed by atoms with Crippen LogP contribution < -0.4 is 10.9 Å². The largest absolute Gasteiger partial charge is 0.416 e. The molecule has 0 bridgehead atoms. The zero-order chi connectivity index (χ0) is 20.2. The molecule has 1 aliphatic rings. The van der Waals surface area contributed by atoms with E-state index in [1.54, 1.807) is 0 Å². The lowest BCUT2D eigenvalue weighted by Crippen LogP contribution is -2.32. The third-order valence-corrected chi connectivity index (χ3v) is 6.54. The number of carbonyl (C=O) groups is 1. The van der Waals surface area contributed by atoms with Crippen LogP contribution in [0, 0.1) is 10.1 Å². The van der Waals surface area contributed by atoms with Crippen molar-refractivity contribution < 1.29 is 31.3 Å². The van der Waals surface area contributed by atoms with Crippen molar-refractivity contribution in [3.8, 4) is 0 Å². The number of sulfone groups is 1. The van der Waals surface area contributed by atoms with Crippen molar-refractivity contribution in [2.45, 2.75) is 43.5 Å². The SMILES string of the molecule is O=C(CCS(=O)(=O)C1CCCC1)NNc1ccc(C(F)(F)F)cc1[N+](=O)[O-]. The summed E-state index contributed by atoms with van der Waals surface area (Å²) in [4.78, 5) is 21.7. The van der Waals surface area contributed by atoms with E-state index in [0.29, 0.717) is 25.0 Å². The maximum atomic E-state index is 12.6. The number of hydrogen-bond acceptors (Lipinski definition) is 6. The van der Waals surface area contributed by atoms with Crippen molar-refractivity contribution in [2.75, 3.05) is 11.2 Å². The summed E-state index contributed by atoms with van der Waals surface area (Å²) in [6.07, 6.45) is -2.31. The fourth-order valence-corrected chi connectivity index (χ4v) is 4.67. The van der Waals surface area contributed by atoms with Crippen LogP contribution >= 0.6 is 0 Å².